The normalized spacial score (nSPS) is 16.5. The van der Waals surface area contributed by atoms with Crippen LogP contribution in [0.1, 0.15) is 0 Å². The second kappa shape index (κ2) is 6.47. The number of nitrogens with one attached hydrogen (secondary N) is 1. The van der Waals surface area contributed by atoms with Crippen molar-refractivity contribution in [3.63, 3.8) is 0 Å². The Morgan fingerprint density at radius 2 is 2.11 bits per heavy atom. The minimum absolute atomic E-state index is 0.711. The molecule has 2 rings (SSSR count). The monoisotopic (exact) mass is 251 g/mol. The SMILES string of the molecule is COc1cc(N)cc(NCCN2CCOCC2)c1. The molecule has 0 atom stereocenters. The van der Waals surface area contributed by atoms with Crippen molar-refractivity contribution >= 4 is 11.4 Å². The van der Waals surface area contributed by atoms with Gasteiger partial charge >= 0.3 is 0 Å². The van der Waals surface area contributed by atoms with Crippen LogP contribution in [0.2, 0.25) is 0 Å². The zero-order valence-electron chi connectivity index (χ0n) is 10.8. The summed E-state index contributed by atoms with van der Waals surface area (Å²) in [6.45, 7) is 5.62. The fraction of sp³-hybridized carbons (Fsp3) is 0.538. The number of nitrogen functional groups attached to an aromatic ring is 1. The van der Waals surface area contributed by atoms with Gasteiger partial charge in [0.05, 0.1) is 20.3 Å². The minimum atomic E-state index is 0.711. The van der Waals surface area contributed by atoms with Gasteiger partial charge in [0.1, 0.15) is 5.75 Å². The summed E-state index contributed by atoms with van der Waals surface area (Å²) in [7, 11) is 1.65. The van der Waals surface area contributed by atoms with Gasteiger partial charge in [-0.25, -0.2) is 0 Å². The lowest BCUT2D eigenvalue weighted by Crippen LogP contribution is -2.39. The number of nitrogens with two attached hydrogens (primary N) is 1. The van der Waals surface area contributed by atoms with E-state index in [0.717, 1.165) is 50.8 Å². The second-order valence-electron chi connectivity index (χ2n) is 4.38. The Hall–Kier alpha value is -1.46. The van der Waals surface area contributed by atoms with Crippen molar-refractivity contribution in [1.29, 1.82) is 0 Å². The molecule has 1 aliphatic heterocycles. The number of ether oxygens (including phenoxy) is 2. The molecule has 18 heavy (non-hydrogen) atoms. The van der Waals surface area contributed by atoms with Crippen molar-refractivity contribution in [1.82, 2.24) is 4.90 Å². The van der Waals surface area contributed by atoms with Crippen molar-refractivity contribution in [3.8, 4) is 5.75 Å². The highest BCUT2D eigenvalue weighted by atomic mass is 16.5. The number of methoxy groups -OCH3 is 1. The molecule has 5 nitrogen and oxygen atoms in total. The summed E-state index contributed by atoms with van der Waals surface area (Å²) in [4.78, 5) is 2.39. The first-order valence-electron chi connectivity index (χ1n) is 6.26. The van der Waals surface area contributed by atoms with Gasteiger partial charge in [-0.2, -0.15) is 0 Å². The first kappa shape index (κ1) is 13.0. The molecular weight excluding hydrogens is 230 g/mol. The van der Waals surface area contributed by atoms with Gasteiger partial charge in [-0.1, -0.05) is 0 Å². The summed E-state index contributed by atoms with van der Waals surface area (Å²) in [6, 6.07) is 5.69. The Bertz CT molecular complexity index is 378. The van der Waals surface area contributed by atoms with E-state index in [1.54, 1.807) is 7.11 Å². The number of nitrogens with zero attached hydrogens (tertiary/aromatic N) is 1. The topological polar surface area (TPSA) is 59.8 Å². The molecule has 0 bridgehead atoms. The van der Waals surface area contributed by atoms with Crippen LogP contribution in [0.5, 0.6) is 5.75 Å². The highest BCUT2D eigenvalue weighted by molar-refractivity contribution is 5.59. The average Bonchev–Trinajstić information content (AvgIpc) is 2.39. The van der Waals surface area contributed by atoms with E-state index in [1.165, 1.54) is 0 Å². The Morgan fingerprint density at radius 1 is 1.33 bits per heavy atom. The van der Waals surface area contributed by atoms with Gasteiger partial charge in [-0.05, 0) is 6.07 Å². The minimum Gasteiger partial charge on any atom is -0.497 e. The van der Waals surface area contributed by atoms with Crippen LogP contribution in [-0.4, -0.2) is 51.4 Å². The van der Waals surface area contributed by atoms with Crippen LogP contribution in [-0.2, 0) is 4.74 Å². The highest BCUT2D eigenvalue weighted by Crippen LogP contribution is 2.21. The van der Waals surface area contributed by atoms with E-state index in [2.05, 4.69) is 10.2 Å². The van der Waals surface area contributed by atoms with E-state index in [-0.39, 0.29) is 0 Å². The summed E-state index contributed by atoms with van der Waals surface area (Å²) in [5, 5.41) is 3.37. The molecule has 0 spiro atoms. The Kier molecular flexibility index (Phi) is 4.66. The maximum atomic E-state index is 5.80. The lowest BCUT2D eigenvalue weighted by atomic mass is 10.2. The standard InChI is InChI=1S/C13H21N3O2/c1-17-13-9-11(14)8-12(10-13)15-2-3-16-4-6-18-7-5-16/h8-10,15H,2-7,14H2,1H3. The van der Waals surface area contributed by atoms with E-state index in [1.807, 2.05) is 18.2 Å². The van der Waals surface area contributed by atoms with Gasteiger partial charge in [-0.15, -0.1) is 0 Å². The van der Waals surface area contributed by atoms with E-state index in [4.69, 9.17) is 15.2 Å². The second-order valence-corrected chi connectivity index (χ2v) is 4.38. The largest absolute Gasteiger partial charge is 0.497 e. The highest BCUT2D eigenvalue weighted by Gasteiger charge is 2.09. The molecule has 100 valence electrons. The van der Waals surface area contributed by atoms with Crippen molar-refractivity contribution < 1.29 is 9.47 Å². The Morgan fingerprint density at radius 3 is 2.83 bits per heavy atom. The fourth-order valence-corrected chi connectivity index (χ4v) is 2.03. The fourth-order valence-electron chi connectivity index (χ4n) is 2.03. The molecule has 0 saturated carbocycles. The van der Waals surface area contributed by atoms with Crippen LogP contribution in [0.4, 0.5) is 11.4 Å². The zero-order valence-corrected chi connectivity index (χ0v) is 10.8. The molecule has 1 aliphatic rings. The lowest BCUT2D eigenvalue weighted by molar-refractivity contribution is 0.0398. The molecule has 5 heteroatoms. The number of anilines is 2. The maximum Gasteiger partial charge on any atom is 0.122 e. The molecule has 1 aromatic carbocycles. The third kappa shape index (κ3) is 3.78. The molecular formula is C13H21N3O2. The van der Waals surface area contributed by atoms with Crippen LogP contribution in [0.3, 0.4) is 0 Å². The van der Waals surface area contributed by atoms with Crippen LogP contribution >= 0.6 is 0 Å². The van der Waals surface area contributed by atoms with Crippen LogP contribution < -0.4 is 15.8 Å². The van der Waals surface area contributed by atoms with E-state index >= 15 is 0 Å². The van der Waals surface area contributed by atoms with Crippen molar-refractivity contribution in [2.75, 3.05) is 57.6 Å². The molecule has 1 fully saturated rings. The molecule has 1 saturated heterocycles. The Balaban J connectivity index is 1.80. The molecule has 0 aromatic heterocycles. The summed E-state index contributed by atoms with van der Waals surface area (Å²) in [5.74, 6) is 0.781. The zero-order chi connectivity index (χ0) is 12.8. The first-order valence-corrected chi connectivity index (χ1v) is 6.26. The van der Waals surface area contributed by atoms with Crippen LogP contribution in [0.15, 0.2) is 18.2 Å². The van der Waals surface area contributed by atoms with Gasteiger partial charge in [-0.3, -0.25) is 4.90 Å². The smallest absolute Gasteiger partial charge is 0.122 e. The summed E-state index contributed by atoms with van der Waals surface area (Å²) >= 11 is 0. The maximum absolute atomic E-state index is 5.80. The summed E-state index contributed by atoms with van der Waals surface area (Å²) < 4.78 is 10.5. The van der Waals surface area contributed by atoms with Crippen LogP contribution in [0, 0.1) is 0 Å². The molecule has 1 aromatic rings. The third-order valence-electron chi connectivity index (χ3n) is 3.03. The Labute approximate surface area is 108 Å². The summed E-state index contributed by atoms with van der Waals surface area (Å²) in [6.07, 6.45) is 0. The third-order valence-corrected chi connectivity index (χ3v) is 3.03. The van der Waals surface area contributed by atoms with E-state index in [0.29, 0.717) is 5.69 Å². The predicted octanol–water partition coefficient (Wildman–Crippen LogP) is 1.02. The van der Waals surface area contributed by atoms with Gasteiger partial charge < -0.3 is 20.5 Å². The van der Waals surface area contributed by atoms with Crippen LogP contribution in [0.25, 0.3) is 0 Å². The quantitative estimate of drug-likeness (QED) is 0.765. The molecule has 1 heterocycles. The molecule has 0 radical (unpaired) electrons. The summed E-state index contributed by atoms with van der Waals surface area (Å²) in [5.41, 5.74) is 7.51. The molecule has 0 amide bonds. The van der Waals surface area contributed by atoms with Gasteiger partial charge in [0, 0.05) is 49.7 Å². The van der Waals surface area contributed by atoms with Gasteiger partial charge in [0.25, 0.3) is 0 Å². The van der Waals surface area contributed by atoms with E-state index < -0.39 is 0 Å². The van der Waals surface area contributed by atoms with Crippen molar-refractivity contribution in [2.45, 2.75) is 0 Å². The predicted molar refractivity (Wildman–Crippen MR) is 73.2 cm³/mol. The van der Waals surface area contributed by atoms with E-state index in [9.17, 15) is 0 Å². The number of benzene rings is 1. The average molecular weight is 251 g/mol. The lowest BCUT2D eigenvalue weighted by Gasteiger charge is -2.26. The van der Waals surface area contributed by atoms with Crippen molar-refractivity contribution in [3.05, 3.63) is 18.2 Å². The number of hydrogen-bond acceptors (Lipinski definition) is 5. The number of rotatable bonds is 5. The van der Waals surface area contributed by atoms with Gasteiger partial charge in [0.15, 0.2) is 0 Å². The van der Waals surface area contributed by atoms with Crippen molar-refractivity contribution in [2.24, 2.45) is 0 Å². The molecule has 3 N–H and O–H groups in total. The molecule has 0 aliphatic carbocycles. The number of morpholine rings is 1. The van der Waals surface area contributed by atoms with Gasteiger partial charge in [0.2, 0.25) is 0 Å². The molecule has 0 unspecified atom stereocenters. The number of hydrogen-bond donors (Lipinski definition) is 2. The first-order chi connectivity index (χ1) is 8.78.